The summed E-state index contributed by atoms with van der Waals surface area (Å²) in [5.74, 6) is 1.92. The minimum absolute atomic E-state index is 0. The van der Waals surface area contributed by atoms with Crippen molar-refractivity contribution in [3.05, 3.63) is 24.3 Å². The summed E-state index contributed by atoms with van der Waals surface area (Å²) >= 11 is 0. The van der Waals surface area contributed by atoms with Gasteiger partial charge in [-0.2, -0.15) is 0 Å². The maximum atomic E-state index is 12.3. The number of piperidine rings is 1. The average molecular weight is 339 g/mol. The highest BCUT2D eigenvalue weighted by Crippen LogP contribution is 2.58. The topological polar surface area (TPSA) is 59.6 Å². The number of hydrogen-bond donors (Lipinski definition) is 2. The van der Waals surface area contributed by atoms with Crippen molar-refractivity contribution in [3.63, 3.8) is 0 Å². The van der Waals surface area contributed by atoms with E-state index in [0.29, 0.717) is 13.2 Å². The molecular weight excluding hydrogens is 316 g/mol. The summed E-state index contributed by atoms with van der Waals surface area (Å²) in [4.78, 5) is 12.3. The molecule has 6 heteroatoms. The maximum absolute atomic E-state index is 12.3. The Labute approximate surface area is 142 Å². The van der Waals surface area contributed by atoms with Crippen LogP contribution in [-0.4, -0.2) is 38.3 Å². The van der Waals surface area contributed by atoms with Crippen molar-refractivity contribution in [1.82, 2.24) is 10.6 Å². The monoisotopic (exact) mass is 338 g/mol. The summed E-state index contributed by atoms with van der Waals surface area (Å²) < 4.78 is 11.5. The van der Waals surface area contributed by atoms with Crippen molar-refractivity contribution in [2.45, 2.75) is 25.4 Å². The molecule has 1 amide bonds. The van der Waals surface area contributed by atoms with Gasteiger partial charge in [0, 0.05) is 5.92 Å². The molecule has 2 N–H and O–H groups in total. The van der Waals surface area contributed by atoms with E-state index in [4.69, 9.17) is 9.47 Å². The van der Waals surface area contributed by atoms with Crippen LogP contribution >= 0.6 is 12.4 Å². The summed E-state index contributed by atoms with van der Waals surface area (Å²) in [7, 11) is 0. The molecule has 2 atom stereocenters. The molecule has 3 aliphatic rings. The van der Waals surface area contributed by atoms with Crippen molar-refractivity contribution in [2.75, 3.05) is 26.2 Å². The van der Waals surface area contributed by atoms with Gasteiger partial charge in [0.05, 0.1) is 6.54 Å². The van der Waals surface area contributed by atoms with E-state index in [1.807, 2.05) is 24.3 Å². The highest BCUT2D eigenvalue weighted by atomic mass is 35.5. The lowest BCUT2D eigenvalue weighted by Gasteiger charge is -2.27. The Balaban J connectivity index is 0.00000156. The highest BCUT2D eigenvalue weighted by Gasteiger charge is 2.57. The van der Waals surface area contributed by atoms with Gasteiger partial charge in [-0.05, 0) is 49.9 Å². The summed E-state index contributed by atoms with van der Waals surface area (Å²) in [6.45, 7) is 3.08. The Bertz CT molecular complexity index is 575. The van der Waals surface area contributed by atoms with Crippen LogP contribution in [0, 0.1) is 11.3 Å². The number of carbonyl (C=O) groups excluding carboxylic acids is 1. The molecule has 2 heterocycles. The SMILES string of the molecule is Cl.O=C(NCC1COc2ccccc2O1)C1CC12CCNCC2. The number of nitrogens with one attached hydrogen (secondary N) is 2. The third kappa shape index (κ3) is 3.26. The zero-order valence-corrected chi connectivity index (χ0v) is 13.9. The van der Waals surface area contributed by atoms with E-state index in [1.165, 1.54) is 0 Å². The number of amides is 1. The van der Waals surface area contributed by atoms with Crippen LogP contribution in [0.4, 0.5) is 0 Å². The maximum Gasteiger partial charge on any atom is 0.223 e. The minimum atomic E-state index is -0.110. The number of hydrogen-bond acceptors (Lipinski definition) is 4. The van der Waals surface area contributed by atoms with E-state index < -0.39 is 0 Å². The summed E-state index contributed by atoms with van der Waals surface area (Å²) in [6, 6.07) is 7.65. The molecule has 1 saturated carbocycles. The van der Waals surface area contributed by atoms with Crippen LogP contribution in [0.3, 0.4) is 0 Å². The van der Waals surface area contributed by atoms with Gasteiger partial charge in [0.25, 0.3) is 0 Å². The molecule has 1 aromatic rings. The fraction of sp³-hybridized carbons (Fsp3) is 0.588. The van der Waals surface area contributed by atoms with Crippen LogP contribution in [0.2, 0.25) is 0 Å². The van der Waals surface area contributed by atoms with Gasteiger partial charge in [-0.15, -0.1) is 12.4 Å². The molecule has 1 saturated heterocycles. The lowest BCUT2D eigenvalue weighted by Crippen LogP contribution is -2.42. The van der Waals surface area contributed by atoms with Crippen LogP contribution in [0.5, 0.6) is 11.5 Å². The molecule has 2 unspecified atom stereocenters. The number of ether oxygens (including phenoxy) is 2. The highest BCUT2D eigenvalue weighted by molar-refractivity contribution is 5.85. The van der Waals surface area contributed by atoms with E-state index in [-0.39, 0.29) is 35.8 Å². The van der Waals surface area contributed by atoms with E-state index >= 15 is 0 Å². The molecule has 2 aliphatic heterocycles. The largest absolute Gasteiger partial charge is 0.486 e. The quantitative estimate of drug-likeness (QED) is 0.881. The molecule has 2 fully saturated rings. The number of fused-ring (bicyclic) bond motifs is 1. The van der Waals surface area contributed by atoms with Gasteiger partial charge in [0.2, 0.25) is 5.91 Å². The molecule has 5 nitrogen and oxygen atoms in total. The third-order valence-electron chi connectivity index (χ3n) is 5.18. The smallest absolute Gasteiger partial charge is 0.223 e. The standard InChI is InChI=1S/C17H22N2O3.ClH/c20-16(13-9-17(13)5-7-18-8-6-17)19-10-12-11-21-14-3-1-2-4-15(14)22-12;/h1-4,12-13,18H,5-11H2,(H,19,20);1H. The van der Waals surface area contributed by atoms with Gasteiger partial charge in [-0.3, -0.25) is 4.79 Å². The molecule has 0 bridgehead atoms. The average Bonchev–Trinajstić information content (AvgIpc) is 3.26. The molecule has 1 aliphatic carbocycles. The predicted octanol–water partition coefficient (Wildman–Crippen LogP) is 1.75. The first kappa shape index (κ1) is 16.4. The fourth-order valence-corrected chi connectivity index (χ4v) is 3.70. The molecule has 1 aromatic carbocycles. The van der Waals surface area contributed by atoms with E-state index in [0.717, 1.165) is 43.9 Å². The minimum Gasteiger partial charge on any atom is -0.486 e. The molecule has 4 rings (SSSR count). The molecule has 1 spiro atoms. The van der Waals surface area contributed by atoms with Crippen molar-refractivity contribution >= 4 is 18.3 Å². The molecule has 23 heavy (non-hydrogen) atoms. The molecular formula is C17H23ClN2O3. The number of rotatable bonds is 3. The fourth-order valence-electron chi connectivity index (χ4n) is 3.70. The Morgan fingerprint density at radius 2 is 2.00 bits per heavy atom. The Hall–Kier alpha value is -1.46. The molecule has 126 valence electrons. The normalized spacial score (nSPS) is 27.0. The second-order valence-corrected chi connectivity index (χ2v) is 6.61. The van der Waals surface area contributed by atoms with Gasteiger partial charge in [-0.25, -0.2) is 0 Å². The summed E-state index contributed by atoms with van der Waals surface area (Å²) in [5.41, 5.74) is 0.284. The lowest BCUT2D eigenvalue weighted by atomic mass is 9.92. The first-order valence-corrected chi connectivity index (χ1v) is 8.14. The summed E-state index contributed by atoms with van der Waals surface area (Å²) in [5, 5.41) is 6.42. The van der Waals surface area contributed by atoms with Crippen molar-refractivity contribution in [1.29, 1.82) is 0 Å². The number of benzene rings is 1. The molecule has 0 aromatic heterocycles. The molecule has 0 radical (unpaired) electrons. The van der Waals surface area contributed by atoms with Crippen molar-refractivity contribution < 1.29 is 14.3 Å². The van der Waals surface area contributed by atoms with Crippen LogP contribution in [0.25, 0.3) is 0 Å². The first-order chi connectivity index (χ1) is 10.8. The number of carbonyl (C=O) groups is 1. The van der Waals surface area contributed by atoms with Gasteiger partial charge >= 0.3 is 0 Å². The Morgan fingerprint density at radius 3 is 2.78 bits per heavy atom. The summed E-state index contributed by atoms with van der Waals surface area (Å²) in [6.07, 6.45) is 3.19. The van der Waals surface area contributed by atoms with Gasteiger partial charge in [0.15, 0.2) is 11.5 Å². The van der Waals surface area contributed by atoms with Gasteiger partial charge in [-0.1, -0.05) is 12.1 Å². The van der Waals surface area contributed by atoms with Crippen LogP contribution in [0.1, 0.15) is 19.3 Å². The van der Waals surface area contributed by atoms with Crippen molar-refractivity contribution in [2.24, 2.45) is 11.3 Å². The first-order valence-electron chi connectivity index (χ1n) is 8.14. The predicted molar refractivity (Wildman–Crippen MR) is 89.3 cm³/mol. The van der Waals surface area contributed by atoms with Crippen LogP contribution in [-0.2, 0) is 4.79 Å². The van der Waals surface area contributed by atoms with Crippen LogP contribution in [0.15, 0.2) is 24.3 Å². The van der Waals surface area contributed by atoms with Crippen LogP contribution < -0.4 is 20.1 Å². The van der Waals surface area contributed by atoms with Gasteiger partial charge in [0.1, 0.15) is 12.7 Å². The second-order valence-electron chi connectivity index (χ2n) is 6.61. The second kappa shape index (κ2) is 6.57. The number of para-hydroxylation sites is 2. The zero-order valence-electron chi connectivity index (χ0n) is 13.0. The van der Waals surface area contributed by atoms with Gasteiger partial charge < -0.3 is 20.1 Å². The van der Waals surface area contributed by atoms with E-state index in [1.54, 1.807) is 0 Å². The number of halogens is 1. The lowest BCUT2D eigenvalue weighted by molar-refractivity contribution is -0.123. The van der Waals surface area contributed by atoms with E-state index in [9.17, 15) is 4.79 Å². The Kier molecular flexibility index (Phi) is 4.69. The van der Waals surface area contributed by atoms with Crippen molar-refractivity contribution in [3.8, 4) is 11.5 Å². The zero-order chi connectivity index (χ0) is 15.0. The van der Waals surface area contributed by atoms with E-state index in [2.05, 4.69) is 10.6 Å². The third-order valence-corrected chi connectivity index (χ3v) is 5.18. The Morgan fingerprint density at radius 1 is 1.26 bits per heavy atom.